The highest BCUT2D eigenvalue weighted by Gasteiger charge is 2.49. The van der Waals surface area contributed by atoms with Gasteiger partial charge in [0.2, 0.25) is 0 Å². The van der Waals surface area contributed by atoms with Crippen molar-refractivity contribution in [2.45, 2.75) is 50.3 Å². The van der Waals surface area contributed by atoms with Crippen molar-refractivity contribution < 1.29 is 24.4 Å². The summed E-state index contributed by atoms with van der Waals surface area (Å²) >= 11 is 0. The minimum Gasteiger partial charge on any atom is -0.387 e. The third-order valence-corrected chi connectivity index (χ3v) is 2.84. The smallest absolute Gasteiger partial charge is 0.165 e. The second-order valence-corrected chi connectivity index (χ2v) is 4.54. The predicted molar refractivity (Wildman–Crippen MR) is 54.7 cm³/mol. The molecule has 0 aromatic rings. The van der Waals surface area contributed by atoms with Crippen LogP contribution in [0, 0.1) is 0 Å². The molecule has 2 aliphatic rings. The summed E-state index contributed by atoms with van der Waals surface area (Å²) in [5, 5.41) is 22.9. The average Bonchev–Trinajstić information content (AvgIpc) is 2.26. The van der Waals surface area contributed by atoms with E-state index >= 15 is 0 Å². The second kappa shape index (κ2) is 4.41. The van der Waals surface area contributed by atoms with E-state index in [1.54, 1.807) is 13.8 Å². The lowest BCUT2D eigenvalue weighted by molar-refractivity contribution is -0.357. The van der Waals surface area contributed by atoms with Crippen LogP contribution in [-0.2, 0) is 14.2 Å². The highest BCUT2D eigenvalue weighted by Crippen LogP contribution is 2.32. The lowest BCUT2D eigenvalue weighted by Gasteiger charge is -2.47. The molecule has 2 fully saturated rings. The van der Waals surface area contributed by atoms with Gasteiger partial charge in [-0.15, -0.1) is 0 Å². The van der Waals surface area contributed by atoms with Crippen LogP contribution in [0.2, 0.25) is 0 Å². The topological polar surface area (TPSA) is 117 Å². The zero-order valence-corrected chi connectivity index (χ0v) is 9.55. The van der Waals surface area contributed by atoms with Crippen molar-refractivity contribution in [2.75, 3.05) is 6.61 Å². The molecule has 0 radical (unpaired) electrons. The van der Waals surface area contributed by atoms with Gasteiger partial charge in [0.15, 0.2) is 12.0 Å². The van der Waals surface area contributed by atoms with Crippen LogP contribution in [0.25, 0.3) is 10.4 Å². The Morgan fingerprint density at radius 1 is 1.35 bits per heavy atom. The lowest BCUT2D eigenvalue weighted by Crippen LogP contribution is -2.63. The van der Waals surface area contributed by atoms with Crippen LogP contribution in [0.1, 0.15) is 13.8 Å². The van der Waals surface area contributed by atoms with Gasteiger partial charge in [-0.25, -0.2) is 0 Å². The molecule has 0 spiro atoms. The largest absolute Gasteiger partial charge is 0.387 e. The van der Waals surface area contributed by atoms with Crippen LogP contribution < -0.4 is 0 Å². The summed E-state index contributed by atoms with van der Waals surface area (Å²) < 4.78 is 16.2. The number of ether oxygens (including phenoxy) is 3. The molecule has 2 N–H and O–H groups in total. The van der Waals surface area contributed by atoms with E-state index in [1.807, 2.05) is 0 Å². The van der Waals surface area contributed by atoms with E-state index in [4.69, 9.17) is 19.7 Å². The quantitative estimate of drug-likeness (QED) is 0.380. The molecular weight excluding hydrogens is 230 g/mol. The van der Waals surface area contributed by atoms with E-state index in [1.165, 1.54) is 0 Å². The lowest BCUT2D eigenvalue weighted by atomic mass is 9.97. The standard InChI is InChI=1S/C9H15N3O5/c1-9(2)15-3-4-7(17-9)5(13)6(14)8(16-4)11-12-10/h4-8,13-14H,3H2,1-2H3/t4-,5-,6-,7-,8-/m1/s1. The molecule has 96 valence electrons. The minimum absolute atomic E-state index is 0.207. The number of rotatable bonds is 1. The molecule has 17 heavy (non-hydrogen) atoms. The monoisotopic (exact) mass is 245 g/mol. The van der Waals surface area contributed by atoms with Gasteiger partial charge in [-0.2, -0.15) is 0 Å². The van der Waals surface area contributed by atoms with E-state index in [2.05, 4.69) is 10.0 Å². The molecule has 0 aliphatic carbocycles. The fourth-order valence-corrected chi connectivity index (χ4v) is 1.99. The number of hydrogen-bond acceptors (Lipinski definition) is 6. The summed E-state index contributed by atoms with van der Waals surface area (Å²) in [4.78, 5) is 2.56. The van der Waals surface area contributed by atoms with Crippen LogP contribution in [-0.4, -0.2) is 53.3 Å². The van der Waals surface area contributed by atoms with Gasteiger partial charge in [0, 0.05) is 4.91 Å². The Morgan fingerprint density at radius 2 is 2.06 bits per heavy atom. The predicted octanol–water partition coefficient (Wildman–Crippen LogP) is -0.105. The van der Waals surface area contributed by atoms with Crippen molar-refractivity contribution in [3.63, 3.8) is 0 Å². The molecule has 0 amide bonds. The SMILES string of the molecule is CC1(C)OC[C@H]2O[C@@H](N=[N+]=[N-])[C@H](O)[C@@H](O)[C@@H]2O1. The Morgan fingerprint density at radius 3 is 2.71 bits per heavy atom. The van der Waals surface area contributed by atoms with Gasteiger partial charge in [0.1, 0.15) is 24.4 Å². The molecule has 8 heteroatoms. The van der Waals surface area contributed by atoms with Crippen LogP contribution in [0.15, 0.2) is 5.11 Å². The molecule has 2 saturated heterocycles. The van der Waals surface area contributed by atoms with Crippen molar-refractivity contribution >= 4 is 0 Å². The fourth-order valence-electron chi connectivity index (χ4n) is 1.99. The Bertz CT molecular complexity index is 342. The first-order valence-corrected chi connectivity index (χ1v) is 5.32. The van der Waals surface area contributed by atoms with E-state index in [0.29, 0.717) is 0 Å². The van der Waals surface area contributed by atoms with E-state index in [-0.39, 0.29) is 6.61 Å². The first-order valence-electron chi connectivity index (χ1n) is 5.32. The Labute approximate surface area is 97.7 Å². The van der Waals surface area contributed by atoms with Gasteiger partial charge in [0.25, 0.3) is 0 Å². The van der Waals surface area contributed by atoms with E-state index in [9.17, 15) is 10.2 Å². The normalized spacial score (nSPS) is 44.6. The Kier molecular flexibility index (Phi) is 3.26. The molecule has 0 saturated carbocycles. The van der Waals surface area contributed by atoms with Crippen molar-refractivity contribution in [3.05, 3.63) is 10.4 Å². The summed E-state index contributed by atoms with van der Waals surface area (Å²) in [6.45, 7) is 3.63. The van der Waals surface area contributed by atoms with Crippen LogP contribution in [0.4, 0.5) is 0 Å². The maximum atomic E-state index is 9.91. The second-order valence-electron chi connectivity index (χ2n) is 4.54. The minimum atomic E-state index is -1.30. The number of hydrogen-bond donors (Lipinski definition) is 2. The third kappa shape index (κ3) is 2.37. The fraction of sp³-hybridized carbons (Fsp3) is 1.00. The van der Waals surface area contributed by atoms with Crippen molar-refractivity contribution in [1.29, 1.82) is 0 Å². The summed E-state index contributed by atoms with van der Waals surface area (Å²) in [7, 11) is 0. The highest BCUT2D eigenvalue weighted by atomic mass is 16.7. The number of aliphatic hydroxyl groups excluding tert-OH is 2. The summed E-state index contributed by atoms with van der Waals surface area (Å²) in [6.07, 6.45) is -4.85. The van der Waals surface area contributed by atoms with Crippen LogP contribution in [0.5, 0.6) is 0 Å². The zero-order valence-electron chi connectivity index (χ0n) is 9.55. The Balaban J connectivity index is 2.15. The maximum Gasteiger partial charge on any atom is 0.165 e. The summed E-state index contributed by atoms with van der Waals surface area (Å²) in [5.74, 6) is -0.837. The first-order chi connectivity index (χ1) is 7.94. The highest BCUT2D eigenvalue weighted by molar-refractivity contribution is 4.95. The van der Waals surface area contributed by atoms with Gasteiger partial charge in [0.05, 0.1) is 6.61 Å². The van der Waals surface area contributed by atoms with E-state index < -0.39 is 36.4 Å². The van der Waals surface area contributed by atoms with Gasteiger partial charge in [-0.05, 0) is 19.4 Å². The van der Waals surface area contributed by atoms with Gasteiger partial charge in [-0.3, -0.25) is 0 Å². The molecule has 2 rings (SSSR count). The maximum absolute atomic E-state index is 9.91. The van der Waals surface area contributed by atoms with Gasteiger partial charge >= 0.3 is 0 Å². The van der Waals surface area contributed by atoms with Crippen molar-refractivity contribution in [3.8, 4) is 0 Å². The van der Waals surface area contributed by atoms with Gasteiger partial charge < -0.3 is 24.4 Å². The summed E-state index contributed by atoms with van der Waals surface area (Å²) in [6, 6.07) is 0. The average molecular weight is 245 g/mol. The third-order valence-electron chi connectivity index (χ3n) is 2.84. The number of azide groups is 1. The van der Waals surface area contributed by atoms with Crippen molar-refractivity contribution in [2.24, 2.45) is 5.11 Å². The molecule has 0 aromatic heterocycles. The number of aliphatic hydroxyl groups is 2. The molecule has 2 aliphatic heterocycles. The molecule has 5 atom stereocenters. The molecule has 2 heterocycles. The first kappa shape index (κ1) is 12.6. The summed E-state index contributed by atoms with van der Waals surface area (Å²) in [5.41, 5.74) is 8.32. The number of nitrogens with zero attached hydrogens (tertiary/aromatic N) is 3. The van der Waals surface area contributed by atoms with Crippen LogP contribution >= 0.6 is 0 Å². The van der Waals surface area contributed by atoms with E-state index in [0.717, 1.165) is 0 Å². The molecule has 8 nitrogen and oxygen atoms in total. The number of fused-ring (bicyclic) bond motifs is 1. The molecule has 0 bridgehead atoms. The zero-order chi connectivity index (χ0) is 12.6. The Hall–Kier alpha value is -0.890. The molecule has 0 aromatic carbocycles. The van der Waals surface area contributed by atoms with Gasteiger partial charge in [-0.1, -0.05) is 5.11 Å². The molecular formula is C9H15N3O5. The molecule has 0 unspecified atom stereocenters. The van der Waals surface area contributed by atoms with Crippen LogP contribution in [0.3, 0.4) is 0 Å². The van der Waals surface area contributed by atoms with Crippen molar-refractivity contribution in [1.82, 2.24) is 0 Å².